The molecule has 113 valence electrons. The monoisotopic (exact) mass is 285 g/mol. The Morgan fingerprint density at radius 2 is 1.37 bits per heavy atom. The first kappa shape index (κ1) is 18.7. The molecule has 0 aromatic carbocycles. The number of hydrogen-bond donors (Lipinski definition) is 0. The van der Waals surface area contributed by atoms with E-state index in [1.807, 2.05) is 0 Å². The normalized spacial score (nSPS) is 11.6. The highest BCUT2D eigenvalue weighted by Gasteiger charge is 2.36. The van der Waals surface area contributed by atoms with Crippen molar-refractivity contribution >= 4 is 14.3 Å². The number of hydrogen-bond acceptors (Lipinski definition) is 2. The summed E-state index contributed by atoms with van der Waals surface area (Å²) in [6, 6.07) is 3.48. The van der Waals surface area contributed by atoms with E-state index in [9.17, 15) is 4.79 Å². The van der Waals surface area contributed by atoms with E-state index in [1.54, 1.807) is 0 Å². The van der Waals surface area contributed by atoms with Crippen molar-refractivity contribution in [2.24, 2.45) is 0 Å². The van der Waals surface area contributed by atoms with Crippen molar-refractivity contribution < 1.29 is 9.22 Å². The van der Waals surface area contributed by atoms with Gasteiger partial charge in [0, 0.05) is 6.42 Å². The average molecular weight is 286 g/mol. The van der Waals surface area contributed by atoms with E-state index in [1.165, 1.54) is 38.5 Å². The Labute approximate surface area is 121 Å². The minimum absolute atomic E-state index is 0.00461. The molecule has 0 bridgehead atoms. The summed E-state index contributed by atoms with van der Waals surface area (Å²) >= 11 is 0. The summed E-state index contributed by atoms with van der Waals surface area (Å²) in [5.41, 5.74) is 0. The van der Waals surface area contributed by atoms with Crippen LogP contribution >= 0.6 is 0 Å². The lowest BCUT2D eigenvalue weighted by molar-refractivity contribution is -0.135. The third kappa shape index (κ3) is 8.46. The van der Waals surface area contributed by atoms with Gasteiger partial charge >= 0.3 is 0 Å². The molecule has 0 aliphatic carbocycles. The first-order valence-electron chi connectivity index (χ1n) is 8.15. The van der Waals surface area contributed by atoms with Crippen molar-refractivity contribution in [3.63, 3.8) is 0 Å². The Hall–Kier alpha value is -0.313. The topological polar surface area (TPSA) is 26.3 Å². The van der Waals surface area contributed by atoms with Crippen LogP contribution in [0.2, 0.25) is 18.1 Å². The second-order valence-electron chi connectivity index (χ2n) is 5.57. The van der Waals surface area contributed by atoms with Crippen LogP contribution in [0.5, 0.6) is 0 Å². The van der Waals surface area contributed by atoms with Crippen molar-refractivity contribution in [2.45, 2.75) is 90.3 Å². The molecule has 0 aromatic rings. The van der Waals surface area contributed by atoms with Crippen molar-refractivity contribution in [1.82, 2.24) is 0 Å². The van der Waals surface area contributed by atoms with Crippen molar-refractivity contribution in [1.29, 1.82) is 0 Å². The van der Waals surface area contributed by atoms with E-state index < -0.39 is 8.32 Å². The van der Waals surface area contributed by atoms with E-state index in [4.69, 9.17) is 4.43 Å². The van der Waals surface area contributed by atoms with Gasteiger partial charge in [0.2, 0.25) is 0 Å². The van der Waals surface area contributed by atoms with Crippen LogP contribution in [0.1, 0.15) is 72.1 Å². The van der Waals surface area contributed by atoms with Crippen LogP contribution in [0.15, 0.2) is 0 Å². The van der Waals surface area contributed by atoms with Crippen LogP contribution in [0.25, 0.3) is 0 Å². The Morgan fingerprint density at radius 3 is 1.68 bits per heavy atom. The largest absolute Gasteiger partial charge is 0.519 e. The van der Waals surface area contributed by atoms with Crippen molar-refractivity contribution in [3.05, 3.63) is 6.92 Å². The molecule has 19 heavy (non-hydrogen) atoms. The summed E-state index contributed by atoms with van der Waals surface area (Å²) in [6.07, 6.45) is 8.34. The third-order valence-electron chi connectivity index (χ3n) is 3.67. The SMILES string of the molecule is [CH2]CCC(=O)O[Si](CCCC)(CCCC)CCCC. The molecule has 3 heteroatoms. The molecule has 0 N–H and O–H groups in total. The molecule has 1 radical (unpaired) electrons. The molecular formula is C16H33O2Si. The minimum Gasteiger partial charge on any atom is -0.519 e. The van der Waals surface area contributed by atoms with Crippen LogP contribution in [-0.2, 0) is 9.22 Å². The summed E-state index contributed by atoms with van der Waals surface area (Å²) < 4.78 is 6.04. The average Bonchev–Trinajstić information content (AvgIpc) is 2.40. The maximum atomic E-state index is 11.9. The van der Waals surface area contributed by atoms with Crippen LogP contribution < -0.4 is 0 Å². The van der Waals surface area contributed by atoms with E-state index >= 15 is 0 Å². The molecule has 0 spiro atoms. The van der Waals surface area contributed by atoms with Gasteiger partial charge in [0.1, 0.15) is 0 Å². The smallest absolute Gasteiger partial charge is 0.292 e. The highest BCUT2D eigenvalue weighted by Crippen LogP contribution is 2.30. The zero-order chi connectivity index (χ0) is 14.6. The molecule has 0 aliphatic heterocycles. The first-order valence-corrected chi connectivity index (χ1v) is 10.7. The summed E-state index contributed by atoms with van der Waals surface area (Å²) in [4.78, 5) is 11.9. The Balaban J connectivity index is 4.70. The fraction of sp³-hybridized carbons (Fsp3) is 0.875. The van der Waals surface area contributed by atoms with Gasteiger partial charge in [-0.2, -0.15) is 0 Å². The second kappa shape index (κ2) is 11.5. The molecule has 0 fully saturated rings. The molecule has 2 nitrogen and oxygen atoms in total. The first-order chi connectivity index (χ1) is 9.14. The van der Waals surface area contributed by atoms with E-state index in [0.29, 0.717) is 12.8 Å². The van der Waals surface area contributed by atoms with Crippen LogP contribution in [0.4, 0.5) is 0 Å². The Morgan fingerprint density at radius 1 is 0.947 bits per heavy atom. The van der Waals surface area contributed by atoms with E-state index in [2.05, 4.69) is 27.7 Å². The summed E-state index contributed by atoms with van der Waals surface area (Å²) in [5, 5.41) is 0. The van der Waals surface area contributed by atoms with Crippen LogP contribution in [0.3, 0.4) is 0 Å². The molecule has 0 atom stereocenters. The number of carbonyl (C=O) groups is 1. The summed E-state index contributed by atoms with van der Waals surface area (Å²) in [7, 11) is -1.84. The van der Waals surface area contributed by atoms with Crippen molar-refractivity contribution in [2.75, 3.05) is 0 Å². The maximum Gasteiger partial charge on any atom is 0.292 e. The molecule has 0 unspecified atom stereocenters. The maximum absolute atomic E-state index is 11.9. The van der Waals surface area contributed by atoms with Gasteiger partial charge in [0.05, 0.1) is 0 Å². The second-order valence-corrected chi connectivity index (χ2v) is 9.64. The predicted molar refractivity (Wildman–Crippen MR) is 85.6 cm³/mol. The van der Waals surface area contributed by atoms with E-state index in [-0.39, 0.29) is 5.97 Å². The Bertz CT molecular complexity index is 207. The summed E-state index contributed by atoms with van der Waals surface area (Å²) in [6.45, 7) is 10.4. The van der Waals surface area contributed by atoms with Gasteiger partial charge in [-0.1, -0.05) is 66.2 Å². The number of unbranched alkanes of at least 4 members (excludes halogenated alkanes) is 3. The fourth-order valence-corrected chi connectivity index (χ4v) is 7.10. The van der Waals surface area contributed by atoms with Gasteiger partial charge in [-0.05, 0) is 24.6 Å². The van der Waals surface area contributed by atoms with Gasteiger partial charge < -0.3 is 4.43 Å². The molecule has 0 amide bonds. The third-order valence-corrected chi connectivity index (χ3v) is 8.12. The molecule has 0 rings (SSSR count). The standard InChI is InChI=1S/C16H33O2Si/c1-5-9-13-19(14-10-6-2,15-11-7-3)18-16(17)12-8-4/h4-15H2,1-3H3. The Kier molecular flexibility index (Phi) is 11.3. The lowest BCUT2D eigenvalue weighted by atomic mass is 10.3. The fourth-order valence-electron chi connectivity index (χ4n) is 2.46. The zero-order valence-electron chi connectivity index (χ0n) is 13.3. The van der Waals surface area contributed by atoms with Gasteiger partial charge in [-0.15, -0.1) is 0 Å². The highest BCUT2D eigenvalue weighted by molar-refractivity contribution is 6.75. The lowest BCUT2D eigenvalue weighted by Gasteiger charge is -2.31. The molecule has 0 aliphatic rings. The summed E-state index contributed by atoms with van der Waals surface area (Å²) in [5.74, 6) is 0.00461. The molecule has 0 aromatic heterocycles. The van der Waals surface area contributed by atoms with E-state index in [0.717, 1.165) is 18.1 Å². The van der Waals surface area contributed by atoms with Gasteiger partial charge in [-0.3, -0.25) is 4.79 Å². The molecular weight excluding hydrogens is 252 g/mol. The predicted octanol–water partition coefficient (Wildman–Crippen LogP) is 5.49. The van der Waals surface area contributed by atoms with Crippen molar-refractivity contribution in [3.8, 4) is 0 Å². The molecule has 0 saturated heterocycles. The highest BCUT2D eigenvalue weighted by atomic mass is 28.4. The quantitative estimate of drug-likeness (QED) is 0.443. The number of rotatable bonds is 12. The van der Waals surface area contributed by atoms with Crippen LogP contribution in [0, 0.1) is 6.92 Å². The zero-order valence-corrected chi connectivity index (χ0v) is 14.3. The van der Waals surface area contributed by atoms with Gasteiger partial charge in [0.15, 0.2) is 0 Å². The molecule has 0 heterocycles. The molecule has 0 saturated carbocycles. The van der Waals surface area contributed by atoms with Gasteiger partial charge in [0.25, 0.3) is 14.3 Å². The van der Waals surface area contributed by atoms with Gasteiger partial charge in [-0.25, -0.2) is 0 Å². The minimum atomic E-state index is -1.84. The lowest BCUT2D eigenvalue weighted by Crippen LogP contribution is -2.40. The number of carbonyl (C=O) groups excluding carboxylic acids is 1. The van der Waals surface area contributed by atoms with Crippen LogP contribution in [-0.4, -0.2) is 14.3 Å².